The summed E-state index contributed by atoms with van der Waals surface area (Å²) in [5.41, 5.74) is 9.13. The highest BCUT2D eigenvalue weighted by Gasteiger charge is 2.11. The van der Waals surface area contributed by atoms with E-state index in [0.717, 1.165) is 47.4 Å². The van der Waals surface area contributed by atoms with Gasteiger partial charge in [0, 0.05) is 10.9 Å². The van der Waals surface area contributed by atoms with Crippen LogP contribution in [0.3, 0.4) is 0 Å². The van der Waals surface area contributed by atoms with Crippen LogP contribution in [0.25, 0.3) is 33.7 Å². The van der Waals surface area contributed by atoms with Gasteiger partial charge in [0.1, 0.15) is 17.0 Å². The number of furan rings is 1. The van der Waals surface area contributed by atoms with Gasteiger partial charge in [0.15, 0.2) is 5.76 Å². The number of benzene rings is 2. The maximum Gasteiger partial charge on any atom is 0.221 e. The maximum atomic E-state index is 5.95. The van der Waals surface area contributed by atoms with Gasteiger partial charge >= 0.3 is 0 Å². The summed E-state index contributed by atoms with van der Waals surface area (Å²) in [6.45, 7) is 2.87. The first-order valence-electron chi connectivity index (χ1n) is 9.09. The zero-order valence-corrected chi connectivity index (χ0v) is 15.2. The Balaban J connectivity index is 1.64. The molecule has 2 aromatic heterocycles. The molecule has 2 heterocycles. The molecule has 0 amide bonds. The predicted molar refractivity (Wildman–Crippen MR) is 107 cm³/mol. The van der Waals surface area contributed by atoms with E-state index in [0.29, 0.717) is 11.5 Å². The Bertz CT molecular complexity index is 1020. The van der Waals surface area contributed by atoms with Crippen molar-refractivity contribution in [3.8, 4) is 28.5 Å². The second kappa shape index (κ2) is 7.50. The number of nitrogen functional groups attached to an aromatic ring is 1. The number of nitrogens with two attached hydrogens (primary N) is 1. The quantitative estimate of drug-likeness (QED) is 0.472. The van der Waals surface area contributed by atoms with Crippen molar-refractivity contribution in [2.24, 2.45) is 0 Å². The lowest BCUT2D eigenvalue weighted by molar-refractivity contribution is 0.309. The van der Waals surface area contributed by atoms with E-state index in [4.69, 9.17) is 14.9 Å². The molecule has 0 spiro atoms. The second-order valence-corrected chi connectivity index (χ2v) is 6.37. The van der Waals surface area contributed by atoms with Crippen molar-refractivity contribution in [2.75, 3.05) is 12.3 Å². The molecule has 0 aliphatic carbocycles. The van der Waals surface area contributed by atoms with E-state index in [9.17, 15) is 0 Å². The molecular weight excluding hydrogens is 338 g/mol. The SMILES string of the molecule is CCCCOc1ccc(-c2cc(-c3cc4ccccc4o3)nc(N)n2)cc1. The van der Waals surface area contributed by atoms with Crippen LogP contribution in [-0.2, 0) is 0 Å². The highest BCUT2D eigenvalue weighted by Crippen LogP contribution is 2.30. The van der Waals surface area contributed by atoms with Crippen LogP contribution in [0.1, 0.15) is 19.8 Å². The van der Waals surface area contributed by atoms with Crippen LogP contribution in [0.5, 0.6) is 5.75 Å². The van der Waals surface area contributed by atoms with Gasteiger partial charge in [-0.05, 0) is 48.9 Å². The number of nitrogens with zero attached hydrogens (tertiary/aromatic N) is 2. The fourth-order valence-corrected chi connectivity index (χ4v) is 2.90. The molecule has 0 unspecified atom stereocenters. The van der Waals surface area contributed by atoms with Crippen LogP contribution in [0.2, 0.25) is 0 Å². The van der Waals surface area contributed by atoms with Crippen LogP contribution in [0.15, 0.2) is 65.1 Å². The smallest absolute Gasteiger partial charge is 0.221 e. The Kier molecular flexibility index (Phi) is 4.75. The molecule has 0 saturated heterocycles. The summed E-state index contributed by atoms with van der Waals surface area (Å²) in [7, 11) is 0. The van der Waals surface area contributed by atoms with Crippen molar-refractivity contribution in [1.29, 1.82) is 0 Å². The minimum atomic E-state index is 0.214. The Labute approximate surface area is 157 Å². The standard InChI is InChI=1S/C22H21N3O2/c1-2-3-12-26-17-10-8-15(9-11-17)18-14-19(25-22(23)24-18)21-13-16-6-4-5-7-20(16)27-21/h4-11,13-14H,2-3,12H2,1H3,(H2,23,24,25). The third kappa shape index (κ3) is 3.77. The number of anilines is 1. The van der Waals surface area contributed by atoms with Gasteiger partial charge in [0.2, 0.25) is 5.95 Å². The number of ether oxygens (including phenoxy) is 1. The minimum absolute atomic E-state index is 0.214. The van der Waals surface area contributed by atoms with E-state index in [1.807, 2.05) is 60.7 Å². The van der Waals surface area contributed by atoms with Gasteiger partial charge in [-0.25, -0.2) is 9.97 Å². The molecule has 5 nitrogen and oxygen atoms in total. The van der Waals surface area contributed by atoms with Gasteiger partial charge < -0.3 is 14.9 Å². The molecule has 2 N–H and O–H groups in total. The van der Waals surface area contributed by atoms with E-state index >= 15 is 0 Å². The van der Waals surface area contributed by atoms with Crippen molar-refractivity contribution < 1.29 is 9.15 Å². The molecule has 2 aromatic carbocycles. The highest BCUT2D eigenvalue weighted by molar-refractivity contribution is 5.82. The number of hydrogen-bond donors (Lipinski definition) is 1. The van der Waals surface area contributed by atoms with Crippen molar-refractivity contribution in [3.63, 3.8) is 0 Å². The van der Waals surface area contributed by atoms with Crippen molar-refractivity contribution in [3.05, 3.63) is 60.7 Å². The normalized spacial score (nSPS) is 11.0. The summed E-state index contributed by atoms with van der Waals surface area (Å²) >= 11 is 0. The highest BCUT2D eigenvalue weighted by atomic mass is 16.5. The molecule has 0 bridgehead atoms. The molecule has 0 aliphatic heterocycles. The van der Waals surface area contributed by atoms with Crippen LogP contribution in [0, 0.1) is 0 Å². The lowest BCUT2D eigenvalue weighted by Gasteiger charge is -2.07. The largest absolute Gasteiger partial charge is 0.494 e. The van der Waals surface area contributed by atoms with E-state index < -0.39 is 0 Å². The van der Waals surface area contributed by atoms with Crippen LogP contribution < -0.4 is 10.5 Å². The number of fused-ring (bicyclic) bond motifs is 1. The predicted octanol–water partition coefficient (Wildman–Crippen LogP) is 5.32. The zero-order chi connectivity index (χ0) is 18.6. The van der Waals surface area contributed by atoms with E-state index in [1.54, 1.807) is 0 Å². The number of unbranched alkanes of at least 4 members (excludes halogenated alkanes) is 1. The topological polar surface area (TPSA) is 74.2 Å². The minimum Gasteiger partial charge on any atom is -0.494 e. The lowest BCUT2D eigenvalue weighted by Crippen LogP contribution is -1.99. The average Bonchev–Trinajstić information content (AvgIpc) is 3.13. The van der Waals surface area contributed by atoms with Gasteiger partial charge in [-0.15, -0.1) is 0 Å². The van der Waals surface area contributed by atoms with Gasteiger partial charge in [0.05, 0.1) is 12.3 Å². The summed E-state index contributed by atoms with van der Waals surface area (Å²) in [6.07, 6.45) is 2.16. The molecule has 4 rings (SSSR count). The first-order chi connectivity index (χ1) is 13.2. The van der Waals surface area contributed by atoms with Crippen LogP contribution >= 0.6 is 0 Å². The fourth-order valence-electron chi connectivity index (χ4n) is 2.90. The van der Waals surface area contributed by atoms with Crippen LogP contribution in [0.4, 0.5) is 5.95 Å². The second-order valence-electron chi connectivity index (χ2n) is 6.37. The first-order valence-corrected chi connectivity index (χ1v) is 9.09. The van der Waals surface area contributed by atoms with Crippen LogP contribution in [-0.4, -0.2) is 16.6 Å². The lowest BCUT2D eigenvalue weighted by atomic mass is 10.1. The number of rotatable bonds is 6. The van der Waals surface area contributed by atoms with E-state index in [1.165, 1.54) is 0 Å². The molecule has 0 fully saturated rings. The molecule has 0 aliphatic rings. The third-order valence-corrected chi connectivity index (χ3v) is 4.34. The summed E-state index contributed by atoms with van der Waals surface area (Å²) in [6, 6.07) is 19.6. The summed E-state index contributed by atoms with van der Waals surface area (Å²) < 4.78 is 11.6. The molecule has 5 heteroatoms. The Morgan fingerprint density at radius 1 is 0.963 bits per heavy atom. The molecule has 0 atom stereocenters. The third-order valence-electron chi connectivity index (χ3n) is 4.34. The Morgan fingerprint density at radius 2 is 1.74 bits per heavy atom. The summed E-state index contributed by atoms with van der Waals surface area (Å²) in [5.74, 6) is 1.74. The summed E-state index contributed by atoms with van der Waals surface area (Å²) in [4.78, 5) is 8.71. The first kappa shape index (κ1) is 17.1. The van der Waals surface area contributed by atoms with Crippen molar-refractivity contribution in [1.82, 2.24) is 9.97 Å². The van der Waals surface area contributed by atoms with Gasteiger partial charge in [-0.2, -0.15) is 0 Å². The number of hydrogen-bond acceptors (Lipinski definition) is 5. The average molecular weight is 359 g/mol. The zero-order valence-electron chi connectivity index (χ0n) is 15.2. The monoisotopic (exact) mass is 359 g/mol. The van der Waals surface area contributed by atoms with E-state index in [2.05, 4.69) is 16.9 Å². The number of para-hydroxylation sites is 1. The molecule has 4 aromatic rings. The Hall–Kier alpha value is -3.34. The molecule has 0 saturated carbocycles. The Morgan fingerprint density at radius 3 is 2.52 bits per heavy atom. The fraction of sp³-hybridized carbons (Fsp3) is 0.182. The van der Waals surface area contributed by atoms with Gasteiger partial charge in [-0.3, -0.25) is 0 Å². The van der Waals surface area contributed by atoms with Crippen molar-refractivity contribution in [2.45, 2.75) is 19.8 Å². The molecule has 27 heavy (non-hydrogen) atoms. The molecular formula is C22H21N3O2. The van der Waals surface area contributed by atoms with Gasteiger partial charge in [0.25, 0.3) is 0 Å². The maximum absolute atomic E-state index is 5.95. The molecule has 136 valence electrons. The summed E-state index contributed by atoms with van der Waals surface area (Å²) in [5, 5.41) is 1.03. The number of aromatic nitrogens is 2. The van der Waals surface area contributed by atoms with Crippen molar-refractivity contribution >= 4 is 16.9 Å². The molecule has 0 radical (unpaired) electrons. The van der Waals surface area contributed by atoms with E-state index in [-0.39, 0.29) is 5.95 Å². The van der Waals surface area contributed by atoms with Gasteiger partial charge in [-0.1, -0.05) is 31.5 Å².